The molecule has 0 radical (unpaired) electrons. The lowest BCUT2D eigenvalue weighted by Crippen LogP contribution is -2.44. The fourth-order valence-corrected chi connectivity index (χ4v) is 3.35. The van der Waals surface area contributed by atoms with Gasteiger partial charge in [-0.25, -0.2) is 9.97 Å². The zero-order chi connectivity index (χ0) is 17.4. The Kier molecular flexibility index (Phi) is 4.01. The van der Waals surface area contributed by atoms with E-state index in [-0.39, 0.29) is 18.6 Å². The first-order chi connectivity index (χ1) is 12.1. The Hall–Kier alpha value is -2.67. The van der Waals surface area contributed by atoms with Gasteiger partial charge in [-0.1, -0.05) is 12.1 Å². The summed E-state index contributed by atoms with van der Waals surface area (Å²) in [5.41, 5.74) is 2.83. The zero-order valence-corrected chi connectivity index (χ0v) is 14.4. The third-order valence-corrected chi connectivity index (χ3v) is 4.57. The molecule has 7 heteroatoms. The highest BCUT2D eigenvalue weighted by atomic mass is 16.5. The van der Waals surface area contributed by atoms with E-state index in [1.54, 1.807) is 6.33 Å². The number of benzene rings is 1. The van der Waals surface area contributed by atoms with Gasteiger partial charge in [-0.05, 0) is 19.1 Å². The van der Waals surface area contributed by atoms with Crippen molar-refractivity contribution in [3.63, 3.8) is 0 Å². The van der Waals surface area contributed by atoms with Crippen LogP contribution in [0.1, 0.15) is 17.6 Å². The summed E-state index contributed by atoms with van der Waals surface area (Å²) in [5, 5.41) is 0. The van der Waals surface area contributed by atoms with Gasteiger partial charge in [-0.2, -0.15) is 0 Å². The maximum Gasteiger partial charge on any atom is 0.242 e. The number of carbonyl (C=O) groups excluding carboxylic acids is 1. The molecule has 3 aromatic rings. The molecule has 0 saturated carbocycles. The van der Waals surface area contributed by atoms with Crippen LogP contribution in [0, 0.1) is 6.92 Å². The number of fused-ring (bicyclic) bond motifs is 1. The van der Waals surface area contributed by atoms with Crippen molar-refractivity contribution in [1.82, 2.24) is 24.0 Å². The molecule has 130 valence electrons. The molecule has 0 unspecified atom stereocenters. The molecule has 1 amide bonds. The second-order valence-corrected chi connectivity index (χ2v) is 6.41. The Balaban J connectivity index is 1.49. The van der Waals surface area contributed by atoms with E-state index in [4.69, 9.17) is 4.74 Å². The van der Waals surface area contributed by atoms with Crippen molar-refractivity contribution in [3.05, 3.63) is 48.3 Å². The van der Waals surface area contributed by atoms with E-state index in [1.165, 1.54) is 0 Å². The Morgan fingerprint density at radius 3 is 3.00 bits per heavy atom. The molecule has 3 heterocycles. The molecule has 7 nitrogen and oxygen atoms in total. The first kappa shape index (κ1) is 15.8. The SMILES string of the molecule is Cc1cn(C)c([C@@H]2CN(C(=O)Cn3cnc4ccccc43)CCO2)n1. The second-order valence-electron chi connectivity index (χ2n) is 6.41. The number of carbonyl (C=O) groups is 1. The lowest BCUT2D eigenvalue weighted by atomic mass is 10.2. The predicted molar refractivity (Wildman–Crippen MR) is 93.0 cm³/mol. The fraction of sp³-hybridized carbons (Fsp3) is 0.389. The van der Waals surface area contributed by atoms with E-state index < -0.39 is 0 Å². The zero-order valence-electron chi connectivity index (χ0n) is 14.4. The molecule has 1 fully saturated rings. The molecule has 1 saturated heterocycles. The fourth-order valence-electron chi connectivity index (χ4n) is 3.35. The minimum absolute atomic E-state index is 0.0717. The van der Waals surface area contributed by atoms with Crippen LogP contribution < -0.4 is 0 Å². The average molecular weight is 339 g/mol. The van der Waals surface area contributed by atoms with Crippen LogP contribution in [0.15, 0.2) is 36.8 Å². The van der Waals surface area contributed by atoms with Crippen LogP contribution in [0.3, 0.4) is 0 Å². The van der Waals surface area contributed by atoms with Gasteiger partial charge in [-0.15, -0.1) is 0 Å². The average Bonchev–Trinajstić information content (AvgIpc) is 3.18. The first-order valence-electron chi connectivity index (χ1n) is 8.41. The van der Waals surface area contributed by atoms with Crippen LogP contribution in [-0.4, -0.2) is 49.6 Å². The van der Waals surface area contributed by atoms with Crippen molar-refractivity contribution >= 4 is 16.9 Å². The summed E-state index contributed by atoms with van der Waals surface area (Å²) >= 11 is 0. The van der Waals surface area contributed by atoms with Crippen LogP contribution in [-0.2, 0) is 23.1 Å². The van der Waals surface area contributed by atoms with E-state index >= 15 is 0 Å². The summed E-state index contributed by atoms with van der Waals surface area (Å²) < 4.78 is 9.71. The number of aromatic nitrogens is 4. The summed E-state index contributed by atoms with van der Waals surface area (Å²) in [6.07, 6.45) is 3.51. The van der Waals surface area contributed by atoms with Gasteiger partial charge in [0.15, 0.2) is 0 Å². The maximum atomic E-state index is 12.8. The summed E-state index contributed by atoms with van der Waals surface area (Å²) in [7, 11) is 1.96. The number of hydrogen-bond acceptors (Lipinski definition) is 4. The van der Waals surface area contributed by atoms with Crippen molar-refractivity contribution in [2.75, 3.05) is 19.7 Å². The van der Waals surface area contributed by atoms with E-state index in [9.17, 15) is 4.79 Å². The highest BCUT2D eigenvalue weighted by Crippen LogP contribution is 2.22. The lowest BCUT2D eigenvalue weighted by Gasteiger charge is -2.32. The van der Waals surface area contributed by atoms with Crippen LogP contribution in [0.4, 0.5) is 0 Å². The molecule has 0 bridgehead atoms. The molecule has 2 aromatic heterocycles. The topological polar surface area (TPSA) is 65.2 Å². The van der Waals surface area contributed by atoms with Gasteiger partial charge >= 0.3 is 0 Å². The normalized spacial score (nSPS) is 18.0. The van der Waals surface area contributed by atoms with Crippen molar-refractivity contribution in [1.29, 1.82) is 0 Å². The molecule has 0 N–H and O–H groups in total. The highest BCUT2D eigenvalue weighted by molar-refractivity contribution is 5.80. The number of para-hydroxylation sites is 2. The highest BCUT2D eigenvalue weighted by Gasteiger charge is 2.28. The van der Waals surface area contributed by atoms with Crippen molar-refractivity contribution < 1.29 is 9.53 Å². The van der Waals surface area contributed by atoms with Crippen LogP contribution in [0.5, 0.6) is 0 Å². The molecule has 1 atom stereocenters. The molecular formula is C18H21N5O2. The van der Waals surface area contributed by atoms with E-state index in [2.05, 4.69) is 9.97 Å². The minimum atomic E-state index is -0.184. The Labute approximate surface area is 145 Å². The molecule has 1 aromatic carbocycles. The monoisotopic (exact) mass is 339 g/mol. The Morgan fingerprint density at radius 2 is 2.20 bits per heavy atom. The second kappa shape index (κ2) is 6.33. The lowest BCUT2D eigenvalue weighted by molar-refractivity contribution is -0.140. The third-order valence-electron chi connectivity index (χ3n) is 4.57. The van der Waals surface area contributed by atoms with Crippen molar-refractivity contribution in [2.45, 2.75) is 19.6 Å². The van der Waals surface area contributed by atoms with Crippen LogP contribution in [0.2, 0.25) is 0 Å². The van der Waals surface area contributed by atoms with E-state index in [0.29, 0.717) is 19.7 Å². The number of ether oxygens (including phenoxy) is 1. The van der Waals surface area contributed by atoms with Gasteiger partial charge in [0.05, 0.1) is 36.2 Å². The number of imidazole rings is 2. The standard InChI is InChI=1S/C18H21N5O2/c1-13-9-21(2)18(20-13)16-10-22(7-8-25-16)17(24)11-23-12-19-14-5-3-4-6-15(14)23/h3-6,9,12,16H,7-8,10-11H2,1-2H3/t16-/m0/s1. The van der Waals surface area contributed by atoms with E-state index in [1.807, 2.05) is 58.5 Å². The van der Waals surface area contributed by atoms with Crippen molar-refractivity contribution in [3.8, 4) is 0 Å². The van der Waals surface area contributed by atoms with Gasteiger partial charge in [0.1, 0.15) is 18.5 Å². The quantitative estimate of drug-likeness (QED) is 0.728. The summed E-state index contributed by atoms with van der Waals surface area (Å²) in [5.74, 6) is 0.936. The van der Waals surface area contributed by atoms with Gasteiger partial charge in [-0.3, -0.25) is 4.79 Å². The Morgan fingerprint density at radius 1 is 1.36 bits per heavy atom. The molecular weight excluding hydrogens is 318 g/mol. The number of aryl methyl sites for hydroxylation is 2. The Bertz CT molecular complexity index is 913. The molecule has 0 spiro atoms. The van der Waals surface area contributed by atoms with Gasteiger partial charge < -0.3 is 18.8 Å². The summed E-state index contributed by atoms with van der Waals surface area (Å²) in [4.78, 5) is 23.5. The van der Waals surface area contributed by atoms with Crippen LogP contribution in [0.25, 0.3) is 11.0 Å². The number of amides is 1. The number of rotatable bonds is 3. The minimum Gasteiger partial charge on any atom is -0.367 e. The summed E-state index contributed by atoms with van der Waals surface area (Å²) in [6.45, 7) is 3.89. The van der Waals surface area contributed by atoms with Crippen LogP contribution >= 0.6 is 0 Å². The van der Waals surface area contributed by atoms with Gasteiger partial charge in [0, 0.05) is 19.8 Å². The molecule has 0 aliphatic carbocycles. The number of nitrogens with zero attached hydrogens (tertiary/aromatic N) is 5. The predicted octanol–water partition coefficient (Wildman–Crippen LogP) is 1.68. The van der Waals surface area contributed by atoms with Gasteiger partial charge in [0.2, 0.25) is 5.91 Å². The van der Waals surface area contributed by atoms with E-state index in [0.717, 1.165) is 22.6 Å². The number of hydrogen-bond donors (Lipinski definition) is 0. The maximum absolute atomic E-state index is 12.8. The first-order valence-corrected chi connectivity index (χ1v) is 8.41. The van der Waals surface area contributed by atoms with Crippen molar-refractivity contribution in [2.24, 2.45) is 7.05 Å². The molecule has 1 aliphatic rings. The molecule has 25 heavy (non-hydrogen) atoms. The largest absolute Gasteiger partial charge is 0.367 e. The smallest absolute Gasteiger partial charge is 0.242 e. The molecule has 1 aliphatic heterocycles. The van der Waals surface area contributed by atoms with Gasteiger partial charge in [0.25, 0.3) is 0 Å². The molecule has 4 rings (SSSR count). The summed E-state index contributed by atoms with van der Waals surface area (Å²) in [6, 6.07) is 7.83. The number of morpholine rings is 1. The third kappa shape index (κ3) is 3.02.